The van der Waals surface area contributed by atoms with Crippen LogP contribution in [0, 0.1) is 11.7 Å². The quantitative estimate of drug-likeness (QED) is 0.860. The van der Waals surface area contributed by atoms with E-state index in [-0.39, 0.29) is 17.8 Å². The van der Waals surface area contributed by atoms with Crippen LogP contribution in [-0.4, -0.2) is 33.0 Å². The first-order chi connectivity index (χ1) is 8.78. The van der Waals surface area contributed by atoms with Crippen molar-refractivity contribution in [3.05, 3.63) is 35.6 Å². The molecule has 4 nitrogen and oxygen atoms in total. The predicted molar refractivity (Wildman–Crippen MR) is 62.3 cm³/mol. The number of ether oxygens (including phenoxy) is 2. The molecule has 2 heterocycles. The third-order valence-electron chi connectivity index (χ3n) is 3.87. The van der Waals surface area contributed by atoms with Crippen LogP contribution in [0.4, 0.5) is 4.39 Å². The number of hydrogen-bond acceptors (Lipinski definition) is 4. The molecule has 0 saturated carbocycles. The molecule has 0 spiro atoms. The Morgan fingerprint density at radius 1 is 1.39 bits per heavy atom. The zero-order chi connectivity index (χ0) is 12.6. The first-order valence-corrected chi connectivity index (χ1v) is 6.02. The van der Waals surface area contributed by atoms with Crippen molar-refractivity contribution in [1.29, 1.82) is 0 Å². The van der Waals surface area contributed by atoms with E-state index in [1.165, 1.54) is 6.07 Å². The molecule has 5 heteroatoms. The highest BCUT2D eigenvalue weighted by molar-refractivity contribution is 5.29. The van der Waals surface area contributed by atoms with Crippen molar-refractivity contribution in [2.45, 2.75) is 11.6 Å². The molecular weight excluding hydrogens is 237 g/mol. The Balaban J connectivity index is 2.04. The van der Waals surface area contributed by atoms with Gasteiger partial charge in [0.25, 0.3) is 0 Å². The van der Waals surface area contributed by atoms with E-state index in [4.69, 9.17) is 14.3 Å². The van der Waals surface area contributed by atoms with Gasteiger partial charge in [-0.25, -0.2) is 4.39 Å². The molecule has 18 heavy (non-hydrogen) atoms. The van der Waals surface area contributed by atoms with Crippen molar-refractivity contribution in [2.24, 2.45) is 5.92 Å². The van der Waals surface area contributed by atoms with Gasteiger partial charge in [-0.2, -0.15) is 5.48 Å². The van der Waals surface area contributed by atoms with E-state index >= 15 is 0 Å². The van der Waals surface area contributed by atoms with Crippen molar-refractivity contribution in [3.8, 4) is 0 Å². The Morgan fingerprint density at radius 3 is 3.00 bits per heavy atom. The number of fused-ring (bicyclic) bond motifs is 1. The molecule has 0 aliphatic carbocycles. The zero-order valence-electron chi connectivity index (χ0n) is 10.2. The SMILES string of the molecule is CO[C@H]1COC[C@]2(c3ccccc3F)NOC[C@H]12. The van der Waals surface area contributed by atoms with E-state index in [1.807, 2.05) is 6.07 Å². The molecule has 0 bridgehead atoms. The lowest BCUT2D eigenvalue weighted by atomic mass is 9.76. The first kappa shape index (κ1) is 12.0. The molecule has 1 N–H and O–H groups in total. The average molecular weight is 253 g/mol. The second-order valence-corrected chi connectivity index (χ2v) is 4.76. The third kappa shape index (κ3) is 1.66. The van der Waals surface area contributed by atoms with Gasteiger partial charge in [0.2, 0.25) is 0 Å². The van der Waals surface area contributed by atoms with Gasteiger partial charge in [0.15, 0.2) is 0 Å². The minimum Gasteiger partial charge on any atom is -0.379 e. The topological polar surface area (TPSA) is 39.7 Å². The molecule has 0 amide bonds. The van der Waals surface area contributed by atoms with E-state index in [0.717, 1.165) is 0 Å². The van der Waals surface area contributed by atoms with Crippen LogP contribution < -0.4 is 5.48 Å². The van der Waals surface area contributed by atoms with Crippen LogP contribution in [0.1, 0.15) is 5.56 Å². The normalized spacial score (nSPS) is 35.4. The van der Waals surface area contributed by atoms with E-state index in [1.54, 1.807) is 19.2 Å². The standard InChI is InChI=1S/C13H16FNO3/c1-16-12-7-17-8-13(10(12)6-18-15-13)9-4-2-3-5-11(9)14/h2-5,10,12,15H,6-8H2,1H3/t10-,12+,13-/m1/s1. The van der Waals surface area contributed by atoms with E-state index in [9.17, 15) is 4.39 Å². The molecule has 2 aliphatic rings. The maximum Gasteiger partial charge on any atom is 0.128 e. The van der Waals surface area contributed by atoms with Gasteiger partial charge in [0, 0.05) is 18.6 Å². The largest absolute Gasteiger partial charge is 0.379 e. The number of hydroxylamine groups is 1. The van der Waals surface area contributed by atoms with Crippen LogP contribution in [0.25, 0.3) is 0 Å². The Labute approximate surface area is 105 Å². The number of hydrogen-bond donors (Lipinski definition) is 1. The minimum atomic E-state index is -0.649. The van der Waals surface area contributed by atoms with Crippen molar-refractivity contribution in [1.82, 2.24) is 5.48 Å². The predicted octanol–water partition coefficient (Wildman–Crippen LogP) is 1.22. The van der Waals surface area contributed by atoms with Gasteiger partial charge in [0.05, 0.1) is 25.9 Å². The van der Waals surface area contributed by atoms with Gasteiger partial charge in [-0.3, -0.25) is 0 Å². The smallest absolute Gasteiger partial charge is 0.128 e. The Bertz CT molecular complexity index is 442. The van der Waals surface area contributed by atoms with Crippen molar-refractivity contribution < 1.29 is 18.7 Å². The molecule has 98 valence electrons. The average Bonchev–Trinajstić information content (AvgIpc) is 2.83. The highest BCUT2D eigenvalue weighted by Gasteiger charge is 2.53. The summed E-state index contributed by atoms with van der Waals surface area (Å²) < 4.78 is 25.0. The lowest BCUT2D eigenvalue weighted by molar-refractivity contribution is -0.105. The number of benzene rings is 1. The molecule has 2 aliphatic heterocycles. The van der Waals surface area contributed by atoms with Crippen molar-refractivity contribution in [2.75, 3.05) is 26.9 Å². The second kappa shape index (κ2) is 4.59. The molecule has 2 fully saturated rings. The molecule has 2 saturated heterocycles. The summed E-state index contributed by atoms with van der Waals surface area (Å²) in [6, 6.07) is 6.72. The lowest BCUT2D eigenvalue weighted by Gasteiger charge is -2.41. The van der Waals surface area contributed by atoms with Crippen LogP contribution in [0.3, 0.4) is 0 Å². The Kier molecular flexibility index (Phi) is 3.07. The molecule has 0 aromatic heterocycles. The van der Waals surface area contributed by atoms with Gasteiger partial charge in [-0.05, 0) is 6.07 Å². The Hall–Kier alpha value is -1.01. The molecule has 0 radical (unpaired) electrons. The lowest BCUT2D eigenvalue weighted by Crippen LogP contribution is -2.55. The van der Waals surface area contributed by atoms with E-state index < -0.39 is 5.54 Å². The monoisotopic (exact) mass is 253 g/mol. The molecule has 0 unspecified atom stereocenters. The molecule has 1 aromatic rings. The summed E-state index contributed by atoms with van der Waals surface area (Å²) in [7, 11) is 1.64. The highest BCUT2D eigenvalue weighted by Crippen LogP contribution is 2.41. The first-order valence-electron chi connectivity index (χ1n) is 6.02. The van der Waals surface area contributed by atoms with E-state index in [0.29, 0.717) is 25.4 Å². The maximum atomic E-state index is 14.0. The second-order valence-electron chi connectivity index (χ2n) is 4.76. The van der Waals surface area contributed by atoms with Crippen LogP contribution >= 0.6 is 0 Å². The van der Waals surface area contributed by atoms with Crippen molar-refractivity contribution >= 4 is 0 Å². The summed E-state index contributed by atoms with van der Waals surface area (Å²) in [6.45, 7) is 1.40. The third-order valence-corrected chi connectivity index (χ3v) is 3.87. The molecule has 3 rings (SSSR count). The zero-order valence-corrected chi connectivity index (χ0v) is 10.2. The van der Waals surface area contributed by atoms with Gasteiger partial charge >= 0.3 is 0 Å². The number of nitrogens with one attached hydrogen (secondary N) is 1. The van der Waals surface area contributed by atoms with Crippen LogP contribution in [0.15, 0.2) is 24.3 Å². The number of halogens is 1. The summed E-state index contributed by atoms with van der Waals surface area (Å²) in [5.41, 5.74) is 2.88. The number of rotatable bonds is 2. The highest BCUT2D eigenvalue weighted by atomic mass is 19.1. The summed E-state index contributed by atoms with van der Waals surface area (Å²) in [5.74, 6) is -0.200. The van der Waals surface area contributed by atoms with Crippen LogP contribution in [0.5, 0.6) is 0 Å². The van der Waals surface area contributed by atoms with Gasteiger partial charge < -0.3 is 14.3 Å². The van der Waals surface area contributed by atoms with Gasteiger partial charge in [-0.1, -0.05) is 18.2 Å². The summed E-state index contributed by atoms with van der Waals surface area (Å²) in [5, 5.41) is 0. The van der Waals surface area contributed by atoms with Gasteiger partial charge in [0.1, 0.15) is 11.4 Å². The fraction of sp³-hybridized carbons (Fsp3) is 0.538. The minimum absolute atomic E-state index is 0.0492. The maximum absolute atomic E-state index is 14.0. The molecule has 3 atom stereocenters. The van der Waals surface area contributed by atoms with Gasteiger partial charge in [-0.15, -0.1) is 0 Å². The van der Waals surface area contributed by atoms with E-state index in [2.05, 4.69) is 5.48 Å². The van der Waals surface area contributed by atoms with Crippen LogP contribution in [0.2, 0.25) is 0 Å². The fourth-order valence-corrected chi connectivity index (χ4v) is 2.88. The number of methoxy groups -OCH3 is 1. The fourth-order valence-electron chi connectivity index (χ4n) is 2.88. The summed E-state index contributed by atoms with van der Waals surface area (Å²) in [6.07, 6.45) is -0.0895. The molecular formula is C13H16FNO3. The van der Waals surface area contributed by atoms with Crippen molar-refractivity contribution in [3.63, 3.8) is 0 Å². The summed E-state index contributed by atoms with van der Waals surface area (Å²) in [4.78, 5) is 5.36. The molecule has 1 aromatic carbocycles. The van der Waals surface area contributed by atoms with Crippen LogP contribution in [-0.2, 0) is 19.9 Å². The summed E-state index contributed by atoms with van der Waals surface area (Å²) >= 11 is 0. The Morgan fingerprint density at radius 2 is 2.22 bits per heavy atom.